The summed E-state index contributed by atoms with van der Waals surface area (Å²) in [4.78, 5) is 2.85. The van der Waals surface area contributed by atoms with Crippen molar-refractivity contribution >= 4 is 0 Å². The normalized spacial score (nSPS) is 47.2. The first-order valence-corrected chi connectivity index (χ1v) is 8.14. The molecule has 1 aliphatic heterocycles. The van der Waals surface area contributed by atoms with Crippen molar-refractivity contribution in [1.82, 2.24) is 10.2 Å². The summed E-state index contributed by atoms with van der Waals surface area (Å²) >= 11 is 0. The molecule has 0 aromatic rings. The summed E-state index contributed by atoms with van der Waals surface area (Å²) < 4.78 is 0. The molecule has 1 saturated heterocycles. The predicted molar refractivity (Wildman–Crippen MR) is 76.6 cm³/mol. The van der Waals surface area contributed by atoms with E-state index < -0.39 is 0 Å². The molecule has 2 saturated carbocycles. The topological polar surface area (TPSA) is 15.3 Å². The minimum absolute atomic E-state index is 0.741. The molecule has 2 aliphatic carbocycles. The number of nitrogens with zero attached hydrogens (tertiary/aromatic N) is 1. The number of nitrogens with one attached hydrogen (secondary N) is 1. The van der Waals surface area contributed by atoms with Crippen LogP contribution < -0.4 is 5.32 Å². The largest absolute Gasteiger partial charge is 0.311 e. The fourth-order valence-electron chi connectivity index (χ4n) is 4.05. The average Bonchev–Trinajstić information content (AvgIpc) is 3.18. The van der Waals surface area contributed by atoms with E-state index in [4.69, 9.17) is 0 Å². The Kier molecular flexibility index (Phi) is 3.68. The van der Waals surface area contributed by atoms with Crippen molar-refractivity contribution in [1.29, 1.82) is 0 Å². The maximum Gasteiger partial charge on any atom is 0.0224 e. The number of hydrogen-bond donors (Lipinski definition) is 1. The van der Waals surface area contributed by atoms with Crippen LogP contribution in [0.3, 0.4) is 0 Å². The molecule has 3 rings (SSSR count). The van der Waals surface area contributed by atoms with E-state index >= 15 is 0 Å². The number of rotatable bonds is 2. The van der Waals surface area contributed by atoms with Crippen LogP contribution in [0.1, 0.15) is 52.9 Å². The van der Waals surface area contributed by atoms with E-state index in [9.17, 15) is 0 Å². The number of piperazine rings is 1. The van der Waals surface area contributed by atoms with Crippen molar-refractivity contribution in [2.45, 2.75) is 71.0 Å². The van der Waals surface area contributed by atoms with E-state index in [1.54, 1.807) is 0 Å². The summed E-state index contributed by atoms with van der Waals surface area (Å²) in [6.45, 7) is 9.84. The van der Waals surface area contributed by atoms with Crippen molar-refractivity contribution in [3.63, 3.8) is 0 Å². The third-order valence-electron chi connectivity index (χ3n) is 5.88. The lowest BCUT2D eigenvalue weighted by atomic mass is 9.78. The van der Waals surface area contributed by atoms with Gasteiger partial charge in [0.15, 0.2) is 0 Å². The fourth-order valence-corrected chi connectivity index (χ4v) is 4.05. The fraction of sp³-hybridized carbons (Fsp3) is 1.00. The van der Waals surface area contributed by atoms with Crippen molar-refractivity contribution in [3.05, 3.63) is 0 Å². The Hall–Kier alpha value is -0.0800. The molecular weight excluding hydrogens is 220 g/mol. The van der Waals surface area contributed by atoms with E-state index in [-0.39, 0.29) is 0 Å². The standard InChI is InChI=1S/C16H30N2/c1-11-4-7-15(8-12(11)2)18-10-16(14-5-6-14)17-9-13(18)3/h11-17H,4-10H2,1-3H3. The molecule has 0 amide bonds. The Morgan fingerprint density at radius 2 is 1.72 bits per heavy atom. The van der Waals surface area contributed by atoms with Crippen LogP contribution in [-0.4, -0.2) is 36.1 Å². The predicted octanol–water partition coefficient (Wildman–Crippen LogP) is 2.88. The lowest BCUT2D eigenvalue weighted by molar-refractivity contribution is 0.0424. The molecule has 0 aromatic heterocycles. The van der Waals surface area contributed by atoms with Gasteiger partial charge in [0, 0.05) is 31.2 Å². The van der Waals surface area contributed by atoms with Crippen LogP contribution in [-0.2, 0) is 0 Å². The lowest BCUT2D eigenvalue weighted by Gasteiger charge is -2.47. The van der Waals surface area contributed by atoms with Gasteiger partial charge in [0.1, 0.15) is 0 Å². The summed E-state index contributed by atoms with van der Waals surface area (Å²) in [5.74, 6) is 2.86. The summed E-state index contributed by atoms with van der Waals surface area (Å²) in [7, 11) is 0. The molecule has 3 aliphatic rings. The van der Waals surface area contributed by atoms with Crippen LogP contribution in [0.15, 0.2) is 0 Å². The maximum absolute atomic E-state index is 3.78. The zero-order valence-corrected chi connectivity index (χ0v) is 12.4. The Morgan fingerprint density at radius 1 is 0.944 bits per heavy atom. The van der Waals surface area contributed by atoms with Gasteiger partial charge in [-0.05, 0) is 56.8 Å². The van der Waals surface area contributed by atoms with Crippen LogP contribution >= 0.6 is 0 Å². The highest BCUT2D eigenvalue weighted by molar-refractivity contribution is 4.96. The number of hydrogen-bond acceptors (Lipinski definition) is 2. The molecule has 18 heavy (non-hydrogen) atoms. The minimum Gasteiger partial charge on any atom is -0.311 e. The van der Waals surface area contributed by atoms with E-state index in [0.717, 1.165) is 35.9 Å². The monoisotopic (exact) mass is 250 g/mol. The average molecular weight is 250 g/mol. The molecular formula is C16H30N2. The van der Waals surface area contributed by atoms with Crippen LogP contribution in [0, 0.1) is 17.8 Å². The van der Waals surface area contributed by atoms with Gasteiger partial charge in [0.05, 0.1) is 0 Å². The molecule has 5 unspecified atom stereocenters. The lowest BCUT2D eigenvalue weighted by Crippen LogP contribution is -2.59. The van der Waals surface area contributed by atoms with Crippen LogP contribution in [0.25, 0.3) is 0 Å². The van der Waals surface area contributed by atoms with Gasteiger partial charge in [-0.25, -0.2) is 0 Å². The van der Waals surface area contributed by atoms with Crippen LogP contribution in [0.5, 0.6) is 0 Å². The first kappa shape index (κ1) is 12.9. The molecule has 0 bridgehead atoms. The Bertz CT molecular complexity index is 287. The Labute approximate surface area is 113 Å². The highest BCUT2D eigenvalue weighted by Crippen LogP contribution is 2.37. The molecule has 5 atom stereocenters. The first-order valence-electron chi connectivity index (χ1n) is 8.14. The van der Waals surface area contributed by atoms with Gasteiger partial charge in [-0.1, -0.05) is 13.8 Å². The van der Waals surface area contributed by atoms with E-state index in [0.29, 0.717) is 0 Å². The molecule has 1 N–H and O–H groups in total. The van der Waals surface area contributed by atoms with Gasteiger partial charge >= 0.3 is 0 Å². The van der Waals surface area contributed by atoms with Crippen molar-refractivity contribution in [2.24, 2.45) is 17.8 Å². The molecule has 0 spiro atoms. The smallest absolute Gasteiger partial charge is 0.0224 e. The molecule has 3 fully saturated rings. The summed E-state index contributed by atoms with van der Waals surface area (Å²) in [5.41, 5.74) is 0. The summed E-state index contributed by atoms with van der Waals surface area (Å²) in [6.07, 6.45) is 7.25. The third kappa shape index (κ3) is 2.60. The van der Waals surface area contributed by atoms with E-state index in [1.807, 2.05) is 0 Å². The molecule has 2 heteroatoms. The van der Waals surface area contributed by atoms with Gasteiger partial charge in [0.25, 0.3) is 0 Å². The highest BCUT2D eigenvalue weighted by atomic mass is 15.3. The minimum atomic E-state index is 0.741. The van der Waals surface area contributed by atoms with Gasteiger partial charge in [-0.3, -0.25) is 4.90 Å². The molecule has 2 nitrogen and oxygen atoms in total. The first-order chi connectivity index (χ1) is 8.65. The van der Waals surface area contributed by atoms with Gasteiger partial charge in [0.2, 0.25) is 0 Å². The van der Waals surface area contributed by atoms with Crippen molar-refractivity contribution in [2.75, 3.05) is 13.1 Å². The second kappa shape index (κ2) is 5.13. The quantitative estimate of drug-likeness (QED) is 0.811. The second-order valence-electron chi connectivity index (χ2n) is 7.32. The van der Waals surface area contributed by atoms with E-state index in [1.165, 1.54) is 45.2 Å². The second-order valence-corrected chi connectivity index (χ2v) is 7.32. The van der Waals surface area contributed by atoms with Gasteiger partial charge in [-0.15, -0.1) is 0 Å². The maximum atomic E-state index is 3.78. The van der Waals surface area contributed by atoms with Gasteiger partial charge in [-0.2, -0.15) is 0 Å². The summed E-state index contributed by atoms with van der Waals surface area (Å²) in [5, 5.41) is 3.78. The van der Waals surface area contributed by atoms with Crippen LogP contribution in [0.2, 0.25) is 0 Å². The SMILES string of the molecule is CC1CCC(N2CC(C3CC3)NCC2C)CC1C. The zero-order chi connectivity index (χ0) is 12.7. The Balaban J connectivity index is 1.62. The van der Waals surface area contributed by atoms with Gasteiger partial charge < -0.3 is 5.32 Å². The van der Waals surface area contributed by atoms with Crippen molar-refractivity contribution in [3.8, 4) is 0 Å². The molecule has 1 heterocycles. The van der Waals surface area contributed by atoms with E-state index in [2.05, 4.69) is 31.0 Å². The van der Waals surface area contributed by atoms with Crippen molar-refractivity contribution < 1.29 is 0 Å². The molecule has 0 radical (unpaired) electrons. The zero-order valence-electron chi connectivity index (χ0n) is 12.4. The molecule has 0 aromatic carbocycles. The van der Waals surface area contributed by atoms with Crippen LogP contribution in [0.4, 0.5) is 0 Å². The Morgan fingerprint density at radius 3 is 2.39 bits per heavy atom. The highest BCUT2D eigenvalue weighted by Gasteiger charge is 2.39. The third-order valence-corrected chi connectivity index (χ3v) is 5.88. The summed E-state index contributed by atoms with van der Waals surface area (Å²) in [6, 6.07) is 2.41. The molecule has 104 valence electrons.